The van der Waals surface area contributed by atoms with Gasteiger partial charge in [-0.15, -0.1) is 0 Å². The molecule has 0 bridgehead atoms. The standard InChI is InChI=1S/C20H24N2O5/c1-5-13(4)27-17-9-15(8-16(10-17)26-12(2)3)19(23)22-18-7-6-14(11-21-18)20(24)25/h6-13H,5H2,1-4H3,(H,24,25)(H,21,22,23). The highest BCUT2D eigenvalue weighted by Crippen LogP contribution is 2.26. The van der Waals surface area contributed by atoms with Gasteiger partial charge in [0.25, 0.3) is 5.91 Å². The van der Waals surface area contributed by atoms with Crippen molar-refractivity contribution in [3.8, 4) is 11.5 Å². The molecular formula is C20H24N2O5. The lowest BCUT2D eigenvalue weighted by Gasteiger charge is -2.17. The van der Waals surface area contributed by atoms with Gasteiger partial charge in [-0.25, -0.2) is 9.78 Å². The second-order valence-corrected chi connectivity index (χ2v) is 6.39. The summed E-state index contributed by atoms with van der Waals surface area (Å²) in [7, 11) is 0. The summed E-state index contributed by atoms with van der Waals surface area (Å²) >= 11 is 0. The van der Waals surface area contributed by atoms with E-state index in [0.29, 0.717) is 17.1 Å². The molecule has 0 saturated heterocycles. The average molecular weight is 372 g/mol. The molecule has 7 heteroatoms. The van der Waals surface area contributed by atoms with Gasteiger partial charge in [0.1, 0.15) is 17.3 Å². The van der Waals surface area contributed by atoms with Crippen LogP contribution in [0, 0.1) is 0 Å². The Kier molecular flexibility index (Phi) is 6.76. The van der Waals surface area contributed by atoms with E-state index in [1.165, 1.54) is 18.3 Å². The van der Waals surface area contributed by atoms with E-state index in [2.05, 4.69) is 10.3 Å². The molecule has 2 aromatic rings. The third-order valence-electron chi connectivity index (χ3n) is 3.68. The van der Waals surface area contributed by atoms with E-state index in [1.54, 1.807) is 18.2 Å². The minimum Gasteiger partial charge on any atom is -0.491 e. The van der Waals surface area contributed by atoms with Gasteiger partial charge in [-0.3, -0.25) is 4.79 Å². The number of rotatable bonds is 8. The van der Waals surface area contributed by atoms with Crippen LogP contribution in [0.4, 0.5) is 5.82 Å². The second kappa shape index (κ2) is 9.02. The van der Waals surface area contributed by atoms with Crippen LogP contribution in [0.3, 0.4) is 0 Å². The molecule has 1 amide bonds. The van der Waals surface area contributed by atoms with Crippen LogP contribution in [0.5, 0.6) is 11.5 Å². The van der Waals surface area contributed by atoms with Crippen LogP contribution in [-0.4, -0.2) is 34.2 Å². The Bertz CT molecular complexity index is 803. The van der Waals surface area contributed by atoms with Gasteiger partial charge in [-0.2, -0.15) is 0 Å². The average Bonchev–Trinajstić information content (AvgIpc) is 2.61. The number of carboxylic acids is 1. The number of carbonyl (C=O) groups excluding carboxylic acids is 1. The van der Waals surface area contributed by atoms with E-state index in [4.69, 9.17) is 14.6 Å². The lowest BCUT2D eigenvalue weighted by molar-refractivity contribution is 0.0696. The van der Waals surface area contributed by atoms with E-state index in [1.807, 2.05) is 27.7 Å². The van der Waals surface area contributed by atoms with E-state index < -0.39 is 11.9 Å². The number of aromatic nitrogens is 1. The van der Waals surface area contributed by atoms with Crippen molar-refractivity contribution in [3.05, 3.63) is 47.7 Å². The molecule has 144 valence electrons. The molecule has 2 rings (SSSR count). The zero-order chi connectivity index (χ0) is 20.0. The zero-order valence-electron chi connectivity index (χ0n) is 15.9. The van der Waals surface area contributed by atoms with Gasteiger partial charge in [-0.1, -0.05) is 6.92 Å². The third-order valence-corrected chi connectivity index (χ3v) is 3.68. The van der Waals surface area contributed by atoms with Gasteiger partial charge in [0.15, 0.2) is 0 Å². The summed E-state index contributed by atoms with van der Waals surface area (Å²) in [6, 6.07) is 7.83. The number of carboxylic acid groups (broad SMARTS) is 1. The van der Waals surface area contributed by atoms with E-state index in [9.17, 15) is 9.59 Å². The van der Waals surface area contributed by atoms with Crippen LogP contribution in [0.25, 0.3) is 0 Å². The lowest BCUT2D eigenvalue weighted by atomic mass is 10.1. The molecule has 1 aromatic carbocycles. The lowest BCUT2D eigenvalue weighted by Crippen LogP contribution is -2.15. The molecule has 1 unspecified atom stereocenters. The van der Waals surface area contributed by atoms with Crippen molar-refractivity contribution in [2.24, 2.45) is 0 Å². The van der Waals surface area contributed by atoms with Gasteiger partial charge in [0, 0.05) is 17.8 Å². The molecule has 27 heavy (non-hydrogen) atoms. The van der Waals surface area contributed by atoms with Crippen LogP contribution in [-0.2, 0) is 0 Å². The predicted octanol–water partition coefficient (Wildman–Crippen LogP) is 4.00. The SMILES string of the molecule is CCC(C)Oc1cc(OC(C)C)cc(C(=O)Nc2ccc(C(=O)O)cn2)c1. The molecule has 0 aliphatic rings. The summed E-state index contributed by atoms with van der Waals surface area (Å²) in [5.74, 6) is -0.143. The van der Waals surface area contributed by atoms with Crippen LogP contribution >= 0.6 is 0 Å². The maximum absolute atomic E-state index is 12.6. The minimum atomic E-state index is -1.08. The number of pyridine rings is 1. The van der Waals surface area contributed by atoms with Crippen LogP contribution in [0.15, 0.2) is 36.5 Å². The molecule has 0 spiro atoms. The van der Waals surface area contributed by atoms with Crippen molar-refractivity contribution < 1.29 is 24.2 Å². The zero-order valence-corrected chi connectivity index (χ0v) is 15.9. The maximum atomic E-state index is 12.6. The third kappa shape index (κ3) is 5.99. The number of hydrogen-bond donors (Lipinski definition) is 2. The fraction of sp³-hybridized carbons (Fsp3) is 0.350. The predicted molar refractivity (Wildman–Crippen MR) is 102 cm³/mol. The number of ether oxygens (including phenoxy) is 2. The monoisotopic (exact) mass is 372 g/mol. The van der Waals surface area contributed by atoms with Gasteiger partial charge in [0.2, 0.25) is 0 Å². The van der Waals surface area contributed by atoms with Crippen LogP contribution < -0.4 is 14.8 Å². The van der Waals surface area contributed by atoms with Crippen molar-refractivity contribution in [1.29, 1.82) is 0 Å². The minimum absolute atomic E-state index is 0.000408. The highest BCUT2D eigenvalue weighted by molar-refractivity contribution is 6.04. The fourth-order valence-electron chi connectivity index (χ4n) is 2.21. The van der Waals surface area contributed by atoms with Crippen LogP contribution in [0.2, 0.25) is 0 Å². The van der Waals surface area contributed by atoms with Crippen molar-refractivity contribution in [2.45, 2.75) is 46.3 Å². The number of carbonyl (C=O) groups is 2. The summed E-state index contributed by atoms with van der Waals surface area (Å²) in [6.45, 7) is 7.76. The Labute approximate surface area is 158 Å². The van der Waals surface area contributed by atoms with E-state index >= 15 is 0 Å². The van der Waals surface area contributed by atoms with Gasteiger partial charge in [0.05, 0.1) is 17.8 Å². The Hall–Kier alpha value is -3.09. The van der Waals surface area contributed by atoms with Gasteiger partial charge >= 0.3 is 5.97 Å². The molecule has 0 saturated carbocycles. The quantitative estimate of drug-likeness (QED) is 0.727. The smallest absolute Gasteiger partial charge is 0.337 e. The van der Waals surface area contributed by atoms with Crippen molar-refractivity contribution in [1.82, 2.24) is 4.98 Å². The van der Waals surface area contributed by atoms with Crippen molar-refractivity contribution >= 4 is 17.7 Å². The first-order valence-corrected chi connectivity index (χ1v) is 8.77. The summed E-state index contributed by atoms with van der Waals surface area (Å²) in [5.41, 5.74) is 0.403. The maximum Gasteiger partial charge on any atom is 0.337 e. The number of aromatic carboxylic acids is 1. The first kappa shape index (κ1) is 20.2. The summed E-state index contributed by atoms with van der Waals surface area (Å²) in [4.78, 5) is 27.4. The normalized spacial score (nSPS) is 11.7. The fourth-order valence-corrected chi connectivity index (χ4v) is 2.21. The topological polar surface area (TPSA) is 97.8 Å². The summed E-state index contributed by atoms with van der Waals surface area (Å²) in [5, 5.41) is 11.6. The molecule has 1 aromatic heterocycles. The molecule has 0 aliphatic carbocycles. The van der Waals surface area contributed by atoms with Gasteiger partial charge < -0.3 is 19.9 Å². The highest BCUT2D eigenvalue weighted by Gasteiger charge is 2.14. The Morgan fingerprint density at radius 2 is 1.74 bits per heavy atom. The number of hydrogen-bond acceptors (Lipinski definition) is 5. The number of nitrogens with zero attached hydrogens (tertiary/aromatic N) is 1. The number of nitrogens with one attached hydrogen (secondary N) is 1. The number of amides is 1. The molecular weight excluding hydrogens is 348 g/mol. The van der Waals surface area contributed by atoms with E-state index in [0.717, 1.165) is 6.42 Å². The Morgan fingerprint density at radius 3 is 2.26 bits per heavy atom. The van der Waals surface area contributed by atoms with E-state index in [-0.39, 0.29) is 23.6 Å². The second-order valence-electron chi connectivity index (χ2n) is 6.39. The number of benzene rings is 1. The molecule has 1 heterocycles. The van der Waals surface area contributed by atoms with Crippen molar-refractivity contribution in [3.63, 3.8) is 0 Å². The summed E-state index contributed by atoms with van der Waals surface area (Å²) < 4.78 is 11.5. The molecule has 0 fully saturated rings. The highest BCUT2D eigenvalue weighted by atomic mass is 16.5. The number of anilines is 1. The van der Waals surface area contributed by atoms with Gasteiger partial charge in [-0.05, 0) is 51.5 Å². The molecule has 0 radical (unpaired) electrons. The van der Waals surface area contributed by atoms with Crippen molar-refractivity contribution in [2.75, 3.05) is 5.32 Å². The Balaban J connectivity index is 2.24. The first-order chi connectivity index (χ1) is 12.8. The molecule has 7 nitrogen and oxygen atoms in total. The first-order valence-electron chi connectivity index (χ1n) is 8.77. The molecule has 0 aliphatic heterocycles. The van der Waals surface area contributed by atoms with Crippen LogP contribution in [0.1, 0.15) is 54.8 Å². The molecule has 1 atom stereocenters. The Morgan fingerprint density at radius 1 is 1.07 bits per heavy atom. The largest absolute Gasteiger partial charge is 0.491 e. The summed E-state index contributed by atoms with van der Waals surface area (Å²) in [6.07, 6.45) is 1.97. The molecule has 2 N–H and O–H groups in total.